The van der Waals surface area contributed by atoms with Crippen LogP contribution in [0, 0.1) is 18.2 Å². The zero-order chi connectivity index (χ0) is 11.4. The normalized spacial score (nSPS) is 9.07. The highest BCUT2D eigenvalue weighted by molar-refractivity contribution is 6.04. The Morgan fingerprint density at radius 3 is 2.67 bits per heavy atom. The number of hydrogen-bond acceptors (Lipinski definition) is 2. The predicted molar refractivity (Wildman–Crippen MR) is 50.8 cm³/mol. The van der Waals surface area contributed by atoms with Gasteiger partial charge in [0.05, 0.1) is 11.3 Å². The second kappa shape index (κ2) is 4.24. The van der Waals surface area contributed by atoms with Gasteiger partial charge >= 0.3 is 5.97 Å². The summed E-state index contributed by atoms with van der Waals surface area (Å²) >= 11 is 0. The van der Waals surface area contributed by atoms with Crippen LogP contribution in [0.5, 0.6) is 0 Å². The molecular weight excluding hydrogens is 201 g/mol. The smallest absolute Gasteiger partial charge is 0.335 e. The van der Waals surface area contributed by atoms with Gasteiger partial charge in [-0.1, -0.05) is 0 Å². The molecule has 0 atom stereocenters. The van der Waals surface area contributed by atoms with Crippen molar-refractivity contribution in [1.82, 2.24) is 0 Å². The number of aromatic carboxylic acids is 1. The first kappa shape index (κ1) is 10.7. The van der Waals surface area contributed by atoms with Crippen molar-refractivity contribution in [2.45, 2.75) is 0 Å². The van der Waals surface area contributed by atoms with Crippen molar-refractivity contribution in [2.75, 3.05) is 5.32 Å². The molecule has 4 nitrogen and oxygen atoms in total. The van der Waals surface area contributed by atoms with Gasteiger partial charge in [0.1, 0.15) is 5.82 Å². The number of carboxylic acid groups (broad SMARTS) is 1. The fourth-order valence-corrected chi connectivity index (χ4v) is 0.912. The number of hydrogen-bond donors (Lipinski definition) is 2. The summed E-state index contributed by atoms with van der Waals surface area (Å²) in [6, 6.07) is 3.02. The van der Waals surface area contributed by atoms with Gasteiger partial charge in [0, 0.05) is 0 Å². The molecule has 0 unspecified atom stereocenters. The summed E-state index contributed by atoms with van der Waals surface area (Å²) in [7, 11) is 0. The van der Waals surface area contributed by atoms with Crippen molar-refractivity contribution in [3.63, 3.8) is 0 Å². The number of amides is 1. The van der Waals surface area contributed by atoms with Gasteiger partial charge < -0.3 is 10.4 Å². The number of nitrogens with one attached hydrogen (secondary N) is 1. The Morgan fingerprint density at radius 1 is 1.47 bits per heavy atom. The van der Waals surface area contributed by atoms with Crippen molar-refractivity contribution in [2.24, 2.45) is 0 Å². The molecule has 0 saturated heterocycles. The Hall–Kier alpha value is -2.35. The van der Waals surface area contributed by atoms with E-state index in [4.69, 9.17) is 11.5 Å². The van der Waals surface area contributed by atoms with Crippen LogP contribution in [0.15, 0.2) is 18.2 Å². The molecule has 0 bridgehead atoms. The lowest BCUT2D eigenvalue weighted by atomic mass is 10.2. The summed E-state index contributed by atoms with van der Waals surface area (Å²) in [5, 5.41) is 10.7. The summed E-state index contributed by atoms with van der Waals surface area (Å²) in [4.78, 5) is 21.3. The van der Waals surface area contributed by atoms with Gasteiger partial charge in [0.15, 0.2) is 0 Å². The lowest BCUT2D eigenvalue weighted by molar-refractivity contribution is -0.111. The first-order chi connectivity index (χ1) is 7.04. The minimum atomic E-state index is -1.22. The first-order valence-electron chi connectivity index (χ1n) is 3.85. The van der Waals surface area contributed by atoms with Crippen LogP contribution >= 0.6 is 0 Å². The highest BCUT2D eigenvalue weighted by Crippen LogP contribution is 2.15. The van der Waals surface area contributed by atoms with Gasteiger partial charge in [-0.3, -0.25) is 4.79 Å². The molecule has 0 heterocycles. The number of carboxylic acids is 1. The van der Waals surface area contributed by atoms with E-state index in [0.29, 0.717) is 0 Å². The van der Waals surface area contributed by atoms with E-state index in [1.165, 1.54) is 0 Å². The van der Waals surface area contributed by atoms with E-state index in [2.05, 4.69) is 0 Å². The van der Waals surface area contributed by atoms with E-state index in [1.54, 1.807) is 5.92 Å². The summed E-state index contributed by atoms with van der Waals surface area (Å²) in [6.07, 6.45) is 4.77. The molecule has 0 fully saturated rings. The molecule has 0 aliphatic carbocycles. The van der Waals surface area contributed by atoms with Crippen LogP contribution in [0.3, 0.4) is 0 Å². The van der Waals surface area contributed by atoms with Crippen molar-refractivity contribution in [1.29, 1.82) is 0 Å². The second-order valence-corrected chi connectivity index (χ2v) is 2.60. The summed E-state index contributed by atoms with van der Waals surface area (Å²) in [5.41, 5.74) is -0.387. The molecule has 0 aromatic heterocycles. The Morgan fingerprint density at radius 2 is 2.13 bits per heavy atom. The third kappa shape index (κ3) is 2.54. The molecule has 5 heteroatoms. The van der Waals surface area contributed by atoms with Crippen LogP contribution in [0.25, 0.3) is 0 Å². The fourth-order valence-electron chi connectivity index (χ4n) is 0.912. The predicted octanol–water partition coefficient (Wildman–Crippen LogP) is 1.10. The maximum absolute atomic E-state index is 13.1. The van der Waals surface area contributed by atoms with Gasteiger partial charge in [0.25, 0.3) is 5.91 Å². The van der Waals surface area contributed by atoms with E-state index in [-0.39, 0.29) is 11.3 Å². The number of halogens is 1. The van der Waals surface area contributed by atoms with Crippen molar-refractivity contribution >= 4 is 17.6 Å². The van der Waals surface area contributed by atoms with Gasteiger partial charge in [-0.25, -0.2) is 9.18 Å². The highest BCUT2D eigenvalue weighted by Gasteiger charge is 2.09. The molecule has 15 heavy (non-hydrogen) atoms. The molecule has 0 aliphatic heterocycles. The van der Waals surface area contributed by atoms with Crippen molar-refractivity contribution in [3.05, 3.63) is 29.6 Å². The SMILES string of the molecule is C#CC(=O)Nc1cc(C(=O)O)ccc1F. The van der Waals surface area contributed by atoms with E-state index >= 15 is 0 Å². The van der Waals surface area contributed by atoms with Gasteiger partial charge in [0.2, 0.25) is 0 Å². The Bertz CT molecular complexity index is 462. The van der Waals surface area contributed by atoms with Crippen molar-refractivity contribution < 1.29 is 19.1 Å². The van der Waals surface area contributed by atoms with Crippen LogP contribution in [0.1, 0.15) is 10.4 Å². The Balaban J connectivity index is 3.07. The lowest BCUT2D eigenvalue weighted by Gasteiger charge is -2.03. The van der Waals surface area contributed by atoms with Crippen LogP contribution in [0.4, 0.5) is 10.1 Å². The Kier molecular flexibility index (Phi) is 3.03. The summed E-state index contributed by atoms with van der Waals surface area (Å²) in [5.74, 6) is -1.07. The minimum Gasteiger partial charge on any atom is -0.478 e. The number of rotatable bonds is 2. The number of carbonyl (C=O) groups excluding carboxylic acids is 1. The zero-order valence-electron chi connectivity index (χ0n) is 7.45. The van der Waals surface area contributed by atoms with Gasteiger partial charge in [-0.05, 0) is 24.1 Å². The van der Waals surface area contributed by atoms with E-state index in [1.807, 2.05) is 5.32 Å². The quantitative estimate of drug-likeness (QED) is 0.713. The first-order valence-corrected chi connectivity index (χ1v) is 3.85. The van der Waals surface area contributed by atoms with Crippen molar-refractivity contribution in [3.8, 4) is 12.3 Å². The standard InChI is InChI=1S/C10H6FNO3/c1-2-9(13)12-8-5-6(10(14)15)3-4-7(8)11/h1,3-5H,(H,12,13)(H,14,15). The molecule has 1 rings (SSSR count). The second-order valence-electron chi connectivity index (χ2n) is 2.60. The lowest BCUT2D eigenvalue weighted by Crippen LogP contribution is -2.10. The molecule has 1 amide bonds. The number of terminal acetylenes is 1. The average molecular weight is 207 g/mol. The van der Waals surface area contributed by atoms with Crippen LogP contribution in [-0.2, 0) is 4.79 Å². The summed E-state index contributed by atoms with van der Waals surface area (Å²) in [6.45, 7) is 0. The van der Waals surface area contributed by atoms with Gasteiger partial charge in [-0.2, -0.15) is 0 Å². The number of anilines is 1. The Labute approximate surface area is 84.7 Å². The fraction of sp³-hybridized carbons (Fsp3) is 0. The van der Waals surface area contributed by atoms with E-state index in [9.17, 15) is 14.0 Å². The molecule has 0 spiro atoms. The maximum Gasteiger partial charge on any atom is 0.335 e. The molecule has 76 valence electrons. The van der Waals surface area contributed by atoms with Crippen LogP contribution < -0.4 is 5.32 Å². The zero-order valence-corrected chi connectivity index (χ0v) is 7.45. The minimum absolute atomic E-state index is 0.135. The molecule has 1 aromatic carbocycles. The molecule has 1 aromatic rings. The topological polar surface area (TPSA) is 66.4 Å². The third-order valence-corrected chi connectivity index (χ3v) is 1.59. The van der Waals surface area contributed by atoms with E-state index < -0.39 is 17.7 Å². The molecule has 0 aliphatic rings. The van der Waals surface area contributed by atoms with Gasteiger partial charge in [-0.15, -0.1) is 6.42 Å². The molecule has 0 radical (unpaired) electrons. The van der Waals surface area contributed by atoms with Crippen LogP contribution in [0.2, 0.25) is 0 Å². The monoisotopic (exact) mass is 207 g/mol. The van der Waals surface area contributed by atoms with E-state index in [0.717, 1.165) is 18.2 Å². The molecule has 0 saturated carbocycles. The van der Waals surface area contributed by atoms with Crippen LogP contribution in [-0.4, -0.2) is 17.0 Å². The maximum atomic E-state index is 13.1. The highest BCUT2D eigenvalue weighted by atomic mass is 19.1. The average Bonchev–Trinajstić information content (AvgIpc) is 2.20. The number of carbonyl (C=O) groups is 2. The largest absolute Gasteiger partial charge is 0.478 e. The molecule has 2 N–H and O–H groups in total. The molecular formula is C10H6FNO3. The number of benzene rings is 1. The summed E-state index contributed by atoms with van der Waals surface area (Å²) < 4.78 is 13.1. The third-order valence-electron chi connectivity index (χ3n) is 1.59.